The minimum Gasteiger partial charge on any atom is -0.380 e. The van der Waals surface area contributed by atoms with E-state index in [0.717, 1.165) is 32.6 Å². The maximum Gasteiger partial charge on any atom is 0.0591 e. The van der Waals surface area contributed by atoms with E-state index in [1.165, 1.54) is 12.0 Å². The van der Waals surface area contributed by atoms with Crippen molar-refractivity contribution in [3.8, 4) is 0 Å². The van der Waals surface area contributed by atoms with Crippen molar-refractivity contribution in [2.75, 3.05) is 19.8 Å². The summed E-state index contributed by atoms with van der Waals surface area (Å²) in [6.07, 6.45) is 5.16. The number of ether oxygens (including phenoxy) is 1. The van der Waals surface area contributed by atoms with E-state index in [1.54, 1.807) is 0 Å². The first-order chi connectivity index (χ1) is 8.88. The Morgan fingerprint density at radius 1 is 1.28 bits per heavy atom. The molecule has 1 aromatic rings. The Hall–Kier alpha value is -1.12. The molecule has 0 aliphatic rings. The van der Waals surface area contributed by atoms with Crippen LogP contribution >= 0.6 is 0 Å². The minimum atomic E-state index is 0.444. The summed E-state index contributed by atoms with van der Waals surface area (Å²) in [4.78, 5) is 0. The first-order valence-electron chi connectivity index (χ1n) is 6.85. The molecule has 0 amide bonds. The van der Waals surface area contributed by atoms with Gasteiger partial charge in [0.2, 0.25) is 0 Å². The Balaban J connectivity index is 2.28. The van der Waals surface area contributed by atoms with Gasteiger partial charge >= 0.3 is 0 Å². The van der Waals surface area contributed by atoms with E-state index in [0.29, 0.717) is 6.04 Å². The second kappa shape index (κ2) is 9.86. The first-order valence-corrected chi connectivity index (χ1v) is 6.85. The lowest BCUT2D eigenvalue weighted by Gasteiger charge is -2.18. The molecule has 1 rings (SSSR count). The van der Waals surface area contributed by atoms with Crippen molar-refractivity contribution in [3.05, 3.63) is 48.6 Å². The number of hydrogen-bond acceptors (Lipinski definition) is 2. The van der Waals surface area contributed by atoms with Crippen molar-refractivity contribution < 1.29 is 4.74 Å². The Morgan fingerprint density at radius 2 is 2.06 bits per heavy atom. The van der Waals surface area contributed by atoms with E-state index < -0.39 is 0 Å². The van der Waals surface area contributed by atoms with Gasteiger partial charge in [-0.3, -0.25) is 0 Å². The number of benzene rings is 1. The molecule has 0 aliphatic carbocycles. The van der Waals surface area contributed by atoms with Crippen LogP contribution in [-0.4, -0.2) is 19.8 Å². The van der Waals surface area contributed by atoms with Gasteiger partial charge < -0.3 is 10.1 Å². The number of rotatable bonds is 10. The second-order valence-electron chi connectivity index (χ2n) is 4.40. The highest BCUT2D eigenvalue weighted by Gasteiger charge is 2.08. The van der Waals surface area contributed by atoms with E-state index in [1.807, 2.05) is 6.08 Å². The van der Waals surface area contributed by atoms with Crippen molar-refractivity contribution in [2.24, 2.45) is 0 Å². The molecule has 0 fully saturated rings. The van der Waals surface area contributed by atoms with Crippen LogP contribution in [0.4, 0.5) is 0 Å². The SMILES string of the molecule is C=CCCOCCNC(CCC)c1ccccc1. The molecule has 1 atom stereocenters. The van der Waals surface area contributed by atoms with Gasteiger partial charge in [-0.25, -0.2) is 0 Å². The van der Waals surface area contributed by atoms with Crippen LogP contribution in [0.2, 0.25) is 0 Å². The van der Waals surface area contributed by atoms with Crippen molar-refractivity contribution in [3.63, 3.8) is 0 Å². The number of hydrogen-bond donors (Lipinski definition) is 1. The van der Waals surface area contributed by atoms with Crippen molar-refractivity contribution in [2.45, 2.75) is 32.2 Å². The summed E-state index contributed by atoms with van der Waals surface area (Å²) >= 11 is 0. The summed E-state index contributed by atoms with van der Waals surface area (Å²) in [5, 5.41) is 3.56. The van der Waals surface area contributed by atoms with E-state index >= 15 is 0 Å². The van der Waals surface area contributed by atoms with E-state index in [9.17, 15) is 0 Å². The molecule has 2 heteroatoms. The molecule has 2 nitrogen and oxygen atoms in total. The molecule has 0 saturated heterocycles. The van der Waals surface area contributed by atoms with Gasteiger partial charge in [-0.2, -0.15) is 0 Å². The predicted octanol–water partition coefficient (Wildman–Crippen LogP) is 3.71. The summed E-state index contributed by atoms with van der Waals surface area (Å²) in [6, 6.07) is 11.1. The topological polar surface area (TPSA) is 21.3 Å². The average molecular weight is 247 g/mol. The molecule has 1 N–H and O–H groups in total. The smallest absolute Gasteiger partial charge is 0.0591 e. The Bertz CT molecular complexity index is 310. The Kier molecular flexibility index (Phi) is 8.19. The predicted molar refractivity (Wildman–Crippen MR) is 77.7 cm³/mol. The molecule has 0 spiro atoms. The molecule has 1 aromatic carbocycles. The van der Waals surface area contributed by atoms with Crippen molar-refractivity contribution >= 4 is 0 Å². The second-order valence-corrected chi connectivity index (χ2v) is 4.40. The summed E-state index contributed by atoms with van der Waals surface area (Å²) in [5.41, 5.74) is 1.37. The van der Waals surface area contributed by atoms with Crippen LogP contribution in [0.1, 0.15) is 37.8 Å². The van der Waals surface area contributed by atoms with Crippen LogP contribution < -0.4 is 5.32 Å². The molecule has 0 bridgehead atoms. The summed E-state index contributed by atoms with van der Waals surface area (Å²) < 4.78 is 5.50. The van der Waals surface area contributed by atoms with Crippen LogP contribution in [0.5, 0.6) is 0 Å². The standard InChI is InChI=1S/C16H25NO/c1-3-5-13-18-14-12-17-16(9-4-2)15-10-7-6-8-11-15/h3,6-8,10-11,16-17H,1,4-5,9,12-14H2,2H3. The third-order valence-electron chi connectivity index (χ3n) is 2.88. The van der Waals surface area contributed by atoms with Gasteiger partial charge in [-0.05, 0) is 18.4 Å². The molecular weight excluding hydrogens is 222 g/mol. The van der Waals surface area contributed by atoms with Crippen molar-refractivity contribution in [1.82, 2.24) is 5.32 Å². The van der Waals surface area contributed by atoms with Gasteiger partial charge in [0.15, 0.2) is 0 Å². The third-order valence-corrected chi connectivity index (χ3v) is 2.88. The van der Waals surface area contributed by atoms with Crippen LogP contribution in [0.3, 0.4) is 0 Å². The molecule has 0 radical (unpaired) electrons. The Morgan fingerprint density at radius 3 is 2.72 bits per heavy atom. The molecule has 0 aromatic heterocycles. The normalized spacial score (nSPS) is 12.3. The van der Waals surface area contributed by atoms with Crippen molar-refractivity contribution in [1.29, 1.82) is 0 Å². The summed E-state index contributed by atoms with van der Waals surface area (Å²) in [5.74, 6) is 0. The van der Waals surface area contributed by atoms with Gasteiger partial charge in [-0.1, -0.05) is 49.8 Å². The average Bonchev–Trinajstić information content (AvgIpc) is 2.42. The molecule has 1 unspecified atom stereocenters. The fraction of sp³-hybridized carbons (Fsp3) is 0.500. The molecule has 18 heavy (non-hydrogen) atoms. The number of nitrogens with one attached hydrogen (secondary N) is 1. The molecule has 100 valence electrons. The van der Waals surface area contributed by atoms with Gasteiger partial charge in [0, 0.05) is 12.6 Å². The lowest BCUT2D eigenvalue weighted by molar-refractivity contribution is 0.138. The monoisotopic (exact) mass is 247 g/mol. The maximum absolute atomic E-state index is 5.50. The highest BCUT2D eigenvalue weighted by Crippen LogP contribution is 2.17. The molecule has 0 aliphatic heterocycles. The zero-order chi connectivity index (χ0) is 13.1. The van der Waals surface area contributed by atoms with Crippen LogP contribution in [0.25, 0.3) is 0 Å². The summed E-state index contributed by atoms with van der Waals surface area (Å²) in [7, 11) is 0. The van der Waals surface area contributed by atoms with Gasteiger partial charge in [0.1, 0.15) is 0 Å². The largest absolute Gasteiger partial charge is 0.380 e. The highest BCUT2D eigenvalue weighted by atomic mass is 16.5. The van der Waals surface area contributed by atoms with Gasteiger partial charge in [0.25, 0.3) is 0 Å². The van der Waals surface area contributed by atoms with E-state index in [4.69, 9.17) is 4.74 Å². The quantitative estimate of drug-likeness (QED) is 0.502. The lowest BCUT2D eigenvalue weighted by atomic mass is 10.0. The Labute approximate surface area is 111 Å². The lowest BCUT2D eigenvalue weighted by Crippen LogP contribution is -2.25. The van der Waals surface area contributed by atoms with Crippen LogP contribution in [-0.2, 0) is 4.74 Å². The highest BCUT2D eigenvalue weighted by molar-refractivity contribution is 5.18. The van der Waals surface area contributed by atoms with Gasteiger partial charge in [-0.15, -0.1) is 6.58 Å². The molecule has 0 saturated carbocycles. The zero-order valence-corrected chi connectivity index (χ0v) is 11.4. The fourth-order valence-corrected chi connectivity index (χ4v) is 1.93. The minimum absolute atomic E-state index is 0.444. The third kappa shape index (κ3) is 5.99. The molecule has 0 heterocycles. The van der Waals surface area contributed by atoms with Gasteiger partial charge in [0.05, 0.1) is 13.2 Å². The fourth-order valence-electron chi connectivity index (χ4n) is 1.93. The maximum atomic E-state index is 5.50. The van der Waals surface area contributed by atoms with Crippen LogP contribution in [0.15, 0.2) is 43.0 Å². The van der Waals surface area contributed by atoms with E-state index in [2.05, 4.69) is 49.2 Å². The van der Waals surface area contributed by atoms with E-state index in [-0.39, 0.29) is 0 Å². The summed E-state index contributed by atoms with van der Waals surface area (Å²) in [6.45, 7) is 8.33. The first kappa shape index (κ1) is 14.9. The molecular formula is C16H25NO. The van der Waals surface area contributed by atoms with Crippen LogP contribution in [0, 0.1) is 0 Å². The zero-order valence-electron chi connectivity index (χ0n) is 11.4.